The van der Waals surface area contributed by atoms with Crippen LogP contribution in [0.2, 0.25) is 0 Å². The number of fused-ring (bicyclic) bond motifs is 1. The fourth-order valence-corrected chi connectivity index (χ4v) is 2.71. The van der Waals surface area contributed by atoms with Crippen LogP contribution in [0.5, 0.6) is 11.5 Å². The molecule has 20 heavy (non-hydrogen) atoms. The summed E-state index contributed by atoms with van der Waals surface area (Å²) in [7, 11) is 0. The summed E-state index contributed by atoms with van der Waals surface area (Å²) in [5, 5.41) is 10.6. The monoisotopic (exact) mass is 304 g/mol. The topological polar surface area (TPSA) is 58.6 Å². The Morgan fingerprint density at radius 2 is 1.85 bits per heavy atom. The molecular formula is C14H17NaO4S. The maximum atomic E-state index is 10.6. The number of thioether (sulfide) groups is 1. The van der Waals surface area contributed by atoms with Gasteiger partial charge in [0.1, 0.15) is 0 Å². The van der Waals surface area contributed by atoms with Crippen LogP contribution in [-0.4, -0.2) is 24.3 Å². The van der Waals surface area contributed by atoms with Crippen molar-refractivity contribution >= 4 is 17.7 Å². The van der Waals surface area contributed by atoms with Crippen LogP contribution >= 0.6 is 11.8 Å². The van der Waals surface area contributed by atoms with Crippen molar-refractivity contribution in [2.75, 3.05) is 18.3 Å². The van der Waals surface area contributed by atoms with Crippen molar-refractivity contribution in [3.05, 3.63) is 23.3 Å². The molecule has 0 unspecified atom stereocenters. The van der Waals surface area contributed by atoms with Crippen molar-refractivity contribution < 1.29 is 48.9 Å². The Kier molecular flexibility index (Phi) is 7.80. The summed E-state index contributed by atoms with van der Waals surface area (Å²) in [6.45, 7) is 2.36. The maximum absolute atomic E-state index is 10.6. The van der Waals surface area contributed by atoms with Crippen LogP contribution in [0.25, 0.3) is 0 Å². The van der Waals surface area contributed by atoms with Crippen molar-refractivity contribution in [3.63, 3.8) is 0 Å². The molecule has 0 amide bonds. The standard InChI is InChI=1S/C14H18O4S.Na/c1-2-19-6-5-11-8-13-12(17-9-18-13)7-10(11)3-4-14(15)16;/h7-8H,2-6,9H2,1H3,(H,15,16);/q;+1/p-1. The molecule has 0 aromatic heterocycles. The molecule has 1 heterocycles. The van der Waals surface area contributed by atoms with Gasteiger partial charge >= 0.3 is 29.6 Å². The van der Waals surface area contributed by atoms with Gasteiger partial charge in [-0.25, -0.2) is 0 Å². The number of carbonyl (C=O) groups is 1. The summed E-state index contributed by atoms with van der Waals surface area (Å²) in [5.74, 6) is 2.55. The fourth-order valence-electron chi connectivity index (χ4n) is 2.05. The Labute approximate surface area is 145 Å². The van der Waals surface area contributed by atoms with Gasteiger partial charge in [0.2, 0.25) is 6.79 Å². The van der Waals surface area contributed by atoms with Gasteiger partial charge in [-0.15, -0.1) is 0 Å². The quantitative estimate of drug-likeness (QED) is 0.448. The minimum atomic E-state index is -1.02. The number of aliphatic carboxylic acids is 1. The van der Waals surface area contributed by atoms with E-state index in [0.717, 1.165) is 34.8 Å². The van der Waals surface area contributed by atoms with Crippen molar-refractivity contribution in [2.45, 2.75) is 26.2 Å². The molecule has 0 spiro atoms. The van der Waals surface area contributed by atoms with E-state index in [4.69, 9.17) is 9.47 Å². The van der Waals surface area contributed by atoms with E-state index in [1.807, 2.05) is 23.9 Å². The molecule has 0 N–H and O–H groups in total. The summed E-state index contributed by atoms with van der Waals surface area (Å²) in [6, 6.07) is 3.88. The molecule has 1 aromatic carbocycles. The van der Waals surface area contributed by atoms with E-state index >= 15 is 0 Å². The van der Waals surface area contributed by atoms with Gasteiger partial charge in [0.25, 0.3) is 0 Å². The van der Waals surface area contributed by atoms with E-state index in [1.165, 1.54) is 0 Å². The van der Waals surface area contributed by atoms with Gasteiger partial charge in [-0.1, -0.05) is 6.92 Å². The molecule has 0 bridgehead atoms. The molecule has 0 radical (unpaired) electrons. The molecule has 2 rings (SSSR count). The second-order valence-corrected chi connectivity index (χ2v) is 5.69. The number of carbonyl (C=O) groups excluding carboxylic acids is 1. The summed E-state index contributed by atoms with van der Waals surface area (Å²) in [6.07, 6.45) is 1.43. The minimum Gasteiger partial charge on any atom is -0.550 e. The number of ether oxygens (including phenoxy) is 2. The van der Waals surface area contributed by atoms with E-state index in [1.54, 1.807) is 0 Å². The van der Waals surface area contributed by atoms with Gasteiger partial charge in [0.05, 0.1) is 0 Å². The van der Waals surface area contributed by atoms with Crippen LogP contribution in [-0.2, 0) is 17.6 Å². The van der Waals surface area contributed by atoms with Gasteiger partial charge in [0.15, 0.2) is 11.5 Å². The number of carboxylic acid groups (broad SMARTS) is 1. The van der Waals surface area contributed by atoms with Crippen molar-refractivity contribution in [1.29, 1.82) is 0 Å². The molecule has 104 valence electrons. The molecule has 0 fully saturated rings. The molecule has 0 aliphatic carbocycles. The molecule has 1 aliphatic rings. The SMILES string of the molecule is CCSCCc1cc2c(cc1CCC(=O)[O-])OCO2.[Na+]. The number of rotatable bonds is 7. The number of aryl methyl sites for hydroxylation is 2. The Bertz CT molecular complexity index is 465. The van der Waals surface area contributed by atoms with Crippen LogP contribution in [0.1, 0.15) is 24.5 Å². The summed E-state index contributed by atoms with van der Waals surface area (Å²) in [5.41, 5.74) is 2.16. The van der Waals surface area contributed by atoms with E-state index in [-0.39, 0.29) is 42.8 Å². The second kappa shape index (κ2) is 8.82. The first-order valence-corrected chi connectivity index (χ1v) is 7.55. The zero-order valence-corrected chi connectivity index (χ0v) is 14.8. The average Bonchev–Trinajstić information content (AvgIpc) is 2.83. The third kappa shape index (κ3) is 4.88. The third-order valence-electron chi connectivity index (χ3n) is 3.01. The molecule has 6 heteroatoms. The first-order chi connectivity index (χ1) is 9.20. The van der Waals surface area contributed by atoms with Gasteiger partial charge < -0.3 is 19.4 Å². The molecule has 0 saturated heterocycles. The molecule has 1 aliphatic heterocycles. The molecule has 0 atom stereocenters. The number of hydrogen-bond acceptors (Lipinski definition) is 5. The Morgan fingerprint density at radius 3 is 2.40 bits per heavy atom. The summed E-state index contributed by atoms with van der Waals surface area (Å²) >= 11 is 1.87. The Hall–Kier alpha value is -0.360. The molecular weight excluding hydrogens is 287 g/mol. The van der Waals surface area contributed by atoms with Gasteiger partial charge in [-0.3, -0.25) is 0 Å². The first kappa shape index (κ1) is 17.7. The maximum Gasteiger partial charge on any atom is 1.00 e. The predicted molar refractivity (Wildman–Crippen MR) is 72.6 cm³/mol. The van der Waals surface area contributed by atoms with Crippen LogP contribution in [0.15, 0.2) is 12.1 Å². The fraction of sp³-hybridized carbons (Fsp3) is 0.500. The van der Waals surface area contributed by atoms with Crippen molar-refractivity contribution in [3.8, 4) is 11.5 Å². The molecule has 0 saturated carbocycles. The van der Waals surface area contributed by atoms with E-state index < -0.39 is 5.97 Å². The minimum absolute atomic E-state index is 0. The Morgan fingerprint density at radius 1 is 1.25 bits per heavy atom. The van der Waals surface area contributed by atoms with E-state index in [2.05, 4.69) is 6.92 Å². The Balaban J connectivity index is 0.00000200. The zero-order chi connectivity index (χ0) is 13.7. The number of hydrogen-bond donors (Lipinski definition) is 0. The summed E-state index contributed by atoms with van der Waals surface area (Å²) in [4.78, 5) is 10.6. The van der Waals surface area contributed by atoms with Crippen LogP contribution < -0.4 is 44.1 Å². The largest absolute Gasteiger partial charge is 1.00 e. The van der Waals surface area contributed by atoms with Crippen LogP contribution in [0, 0.1) is 0 Å². The number of carboxylic acids is 1. The smallest absolute Gasteiger partial charge is 0.550 e. The number of benzene rings is 1. The second-order valence-electron chi connectivity index (χ2n) is 4.29. The van der Waals surface area contributed by atoms with Gasteiger partial charge in [-0.05, 0) is 54.0 Å². The van der Waals surface area contributed by atoms with E-state index in [9.17, 15) is 9.90 Å². The normalized spacial score (nSPS) is 12.1. The van der Waals surface area contributed by atoms with Crippen LogP contribution in [0.3, 0.4) is 0 Å². The third-order valence-corrected chi connectivity index (χ3v) is 3.91. The summed E-state index contributed by atoms with van der Waals surface area (Å²) < 4.78 is 10.7. The molecule has 4 nitrogen and oxygen atoms in total. The van der Waals surface area contributed by atoms with Gasteiger partial charge in [-0.2, -0.15) is 11.8 Å². The van der Waals surface area contributed by atoms with E-state index in [0.29, 0.717) is 12.2 Å². The molecule has 1 aromatic rings. The van der Waals surface area contributed by atoms with Crippen molar-refractivity contribution in [2.24, 2.45) is 0 Å². The van der Waals surface area contributed by atoms with Gasteiger partial charge in [0, 0.05) is 5.97 Å². The first-order valence-electron chi connectivity index (χ1n) is 6.39. The van der Waals surface area contributed by atoms with Crippen molar-refractivity contribution in [1.82, 2.24) is 0 Å². The predicted octanol–water partition coefficient (Wildman–Crippen LogP) is -1.60. The average molecular weight is 304 g/mol. The van der Waals surface area contributed by atoms with Crippen LogP contribution in [0.4, 0.5) is 0 Å². The zero-order valence-electron chi connectivity index (χ0n) is 11.9.